The number of nitrogens with zero attached hydrogens (tertiary/aromatic N) is 1. The molecule has 3 fully saturated rings. The molecular weight excluding hydrogens is 226 g/mol. The van der Waals surface area contributed by atoms with Crippen molar-refractivity contribution in [3.05, 3.63) is 0 Å². The van der Waals surface area contributed by atoms with Crippen LogP contribution in [0.5, 0.6) is 0 Å². The molecule has 1 atom stereocenters. The maximum absolute atomic E-state index is 7.54. The number of rotatable bonds is 2. The van der Waals surface area contributed by atoms with E-state index >= 15 is 0 Å². The zero-order valence-corrected chi connectivity index (χ0v) is 11.2. The summed E-state index contributed by atoms with van der Waals surface area (Å²) in [6, 6.07) is 0.715. The summed E-state index contributed by atoms with van der Waals surface area (Å²) in [5.74, 6) is 0.718. The minimum atomic E-state index is 0.250. The molecule has 0 amide bonds. The Balaban J connectivity index is 1.54. The second kappa shape index (κ2) is 4.82. The van der Waals surface area contributed by atoms with Crippen molar-refractivity contribution < 1.29 is 4.74 Å². The van der Waals surface area contributed by atoms with Crippen molar-refractivity contribution in [3.8, 4) is 0 Å². The van der Waals surface area contributed by atoms with E-state index in [0.717, 1.165) is 32.5 Å². The van der Waals surface area contributed by atoms with E-state index in [0.29, 0.717) is 17.8 Å². The number of likely N-dealkylation sites (tertiary alicyclic amines) is 1. The molecule has 1 unspecified atom stereocenters. The van der Waals surface area contributed by atoms with Crippen LogP contribution in [-0.4, -0.2) is 42.1 Å². The summed E-state index contributed by atoms with van der Waals surface area (Å²) in [5.41, 5.74) is 5.86. The van der Waals surface area contributed by atoms with Crippen molar-refractivity contribution in [2.24, 2.45) is 11.7 Å². The Labute approximate surface area is 109 Å². The molecule has 4 heteroatoms. The first-order chi connectivity index (χ1) is 8.69. The van der Waals surface area contributed by atoms with E-state index in [1.54, 1.807) is 0 Å². The lowest BCUT2D eigenvalue weighted by atomic mass is 9.73. The number of nitrogens with one attached hydrogen (secondary N) is 1. The summed E-state index contributed by atoms with van der Waals surface area (Å²) in [7, 11) is 0. The third-order valence-electron chi connectivity index (χ3n) is 5.22. The SMILES string of the molecule is N=C(N)C1CCN(C2CCOC3(CCC3)C2)CC1. The van der Waals surface area contributed by atoms with Gasteiger partial charge in [-0.1, -0.05) is 0 Å². The largest absolute Gasteiger partial charge is 0.387 e. The van der Waals surface area contributed by atoms with Gasteiger partial charge in [-0.05, 0) is 58.0 Å². The number of amidine groups is 1. The highest BCUT2D eigenvalue weighted by Gasteiger charge is 2.44. The molecule has 2 saturated heterocycles. The Morgan fingerprint density at radius 3 is 2.50 bits per heavy atom. The Morgan fingerprint density at radius 2 is 1.94 bits per heavy atom. The zero-order valence-electron chi connectivity index (χ0n) is 11.2. The lowest BCUT2D eigenvalue weighted by Gasteiger charge is -2.50. The molecule has 2 heterocycles. The summed E-state index contributed by atoms with van der Waals surface area (Å²) in [6.45, 7) is 3.17. The Hall–Kier alpha value is -0.610. The standard InChI is InChI=1S/C14H25N3O/c15-13(16)11-2-7-17(8-3-11)12-4-9-18-14(10-12)5-1-6-14/h11-12H,1-10H2,(H3,15,16). The molecule has 3 aliphatic rings. The van der Waals surface area contributed by atoms with Crippen molar-refractivity contribution in [2.75, 3.05) is 19.7 Å². The molecule has 0 radical (unpaired) electrons. The summed E-state index contributed by atoms with van der Waals surface area (Å²) in [6.07, 6.45) is 8.45. The fourth-order valence-electron chi connectivity index (χ4n) is 3.81. The van der Waals surface area contributed by atoms with Crippen LogP contribution >= 0.6 is 0 Å². The van der Waals surface area contributed by atoms with Crippen molar-refractivity contribution in [1.29, 1.82) is 5.41 Å². The molecule has 0 aromatic heterocycles. The predicted molar refractivity (Wildman–Crippen MR) is 71.8 cm³/mol. The number of hydrogen-bond acceptors (Lipinski definition) is 3. The van der Waals surface area contributed by atoms with Crippen LogP contribution in [-0.2, 0) is 4.74 Å². The minimum absolute atomic E-state index is 0.250. The van der Waals surface area contributed by atoms with Crippen LogP contribution in [0.4, 0.5) is 0 Å². The Kier molecular flexibility index (Phi) is 3.32. The summed E-state index contributed by atoms with van der Waals surface area (Å²) in [4.78, 5) is 2.63. The van der Waals surface area contributed by atoms with Crippen LogP contribution in [0, 0.1) is 11.3 Å². The number of ether oxygens (including phenoxy) is 1. The van der Waals surface area contributed by atoms with Gasteiger partial charge in [0.25, 0.3) is 0 Å². The van der Waals surface area contributed by atoms with Gasteiger partial charge in [0.1, 0.15) is 0 Å². The van der Waals surface area contributed by atoms with Gasteiger partial charge >= 0.3 is 0 Å². The van der Waals surface area contributed by atoms with E-state index in [2.05, 4.69) is 4.90 Å². The van der Waals surface area contributed by atoms with Crippen LogP contribution in [0.3, 0.4) is 0 Å². The Morgan fingerprint density at radius 1 is 1.22 bits per heavy atom. The van der Waals surface area contributed by atoms with Crippen LogP contribution in [0.15, 0.2) is 0 Å². The maximum Gasteiger partial charge on any atom is 0.0937 e. The molecule has 102 valence electrons. The van der Waals surface area contributed by atoms with E-state index in [1.165, 1.54) is 32.1 Å². The summed E-state index contributed by atoms with van der Waals surface area (Å²) >= 11 is 0. The van der Waals surface area contributed by atoms with Gasteiger partial charge in [-0.15, -0.1) is 0 Å². The first kappa shape index (κ1) is 12.4. The summed E-state index contributed by atoms with van der Waals surface area (Å²) < 4.78 is 6.00. The molecule has 1 aliphatic carbocycles. The highest BCUT2D eigenvalue weighted by atomic mass is 16.5. The first-order valence-corrected chi connectivity index (χ1v) is 7.40. The highest BCUT2D eigenvalue weighted by Crippen LogP contribution is 2.43. The average molecular weight is 251 g/mol. The topological polar surface area (TPSA) is 62.3 Å². The first-order valence-electron chi connectivity index (χ1n) is 7.40. The smallest absolute Gasteiger partial charge is 0.0937 e. The van der Waals surface area contributed by atoms with E-state index in [4.69, 9.17) is 15.9 Å². The second-order valence-corrected chi connectivity index (χ2v) is 6.30. The fraction of sp³-hybridized carbons (Fsp3) is 0.929. The minimum Gasteiger partial charge on any atom is -0.387 e. The molecular formula is C14H25N3O. The molecule has 1 saturated carbocycles. The lowest BCUT2D eigenvalue weighted by molar-refractivity contribution is -0.150. The number of hydrogen-bond donors (Lipinski definition) is 2. The zero-order chi connectivity index (χ0) is 12.6. The van der Waals surface area contributed by atoms with Gasteiger partial charge < -0.3 is 15.4 Å². The molecule has 3 rings (SSSR count). The molecule has 0 aromatic carbocycles. The van der Waals surface area contributed by atoms with Gasteiger partial charge in [-0.25, -0.2) is 0 Å². The van der Waals surface area contributed by atoms with Crippen molar-refractivity contribution in [2.45, 2.75) is 56.6 Å². The summed E-state index contributed by atoms with van der Waals surface area (Å²) in [5, 5.41) is 7.54. The maximum atomic E-state index is 7.54. The fourth-order valence-corrected chi connectivity index (χ4v) is 3.81. The quantitative estimate of drug-likeness (QED) is 0.580. The van der Waals surface area contributed by atoms with Gasteiger partial charge in [-0.2, -0.15) is 0 Å². The van der Waals surface area contributed by atoms with Gasteiger partial charge in [-0.3, -0.25) is 5.41 Å². The van der Waals surface area contributed by atoms with Gasteiger partial charge in [0.05, 0.1) is 11.4 Å². The van der Waals surface area contributed by atoms with E-state index < -0.39 is 0 Å². The molecule has 0 aromatic rings. The van der Waals surface area contributed by atoms with Crippen LogP contribution in [0.1, 0.15) is 44.9 Å². The number of nitrogens with two attached hydrogens (primary N) is 1. The average Bonchev–Trinajstić information content (AvgIpc) is 2.37. The monoisotopic (exact) mass is 251 g/mol. The van der Waals surface area contributed by atoms with Crippen LogP contribution in [0.25, 0.3) is 0 Å². The second-order valence-electron chi connectivity index (χ2n) is 6.30. The highest BCUT2D eigenvalue weighted by molar-refractivity contribution is 5.79. The molecule has 2 aliphatic heterocycles. The lowest BCUT2D eigenvalue weighted by Crippen LogP contribution is -2.53. The molecule has 18 heavy (non-hydrogen) atoms. The van der Waals surface area contributed by atoms with E-state index in [9.17, 15) is 0 Å². The third kappa shape index (κ3) is 2.28. The van der Waals surface area contributed by atoms with Gasteiger partial charge in [0.15, 0.2) is 0 Å². The third-order valence-corrected chi connectivity index (χ3v) is 5.22. The van der Waals surface area contributed by atoms with Crippen LogP contribution in [0.2, 0.25) is 0 Å². The van der Waals surface area contributed by atoms with Crippen molar-refractivity contribution in [1.82, 2.24) is 4.90 Å². The molecule has 1 spiro atoms. The van der Waals surface area contributed by atoms with E-state index in [-0.39, 0.29) is 5.60 Å². The molecule has 4 nitrogen and oxygen atoms in total. The van der Waals surface area contributed by atoms with Crippen molar-refractivity contribution in [3.63, 3.8) is 0 Å². The molecule has 3 N–H and O–H groups in total. The Bertz CT molecular complexity index is 319. The normalized spacial score (nSPS) is 33.2. The van der Waals surface area contributed by atoms with Crippen LogP contribution < -0.4 is 5.73 Å². The van der Waals surface area contributed by atoms with Crippen molar-refractivity contribution >= 4 is 5.84 Å². The molecule has 0 bridgehead atoms. The van der Waals surface area contributed by atoms with Gasteiger partial charge in [0, 0.05) is 18.6 Å². The number of piperidine rings is 1. The van der Waals surface area contributed by atoms with E-state index in [1.807, 2.05) is 0 Å². The predicted octanol–water partition coefficient (Wildman–Crippen LogP) is 1.74. The van der Waals surface area contributed by atoms with Gasteiger partial charge in [0.2, 0.25) is 0 Å².